The average molecular weight is 334 g/mol. The number of aliphatic hydroxyl groups is 1. The van der Waals surface area contributed by atoms with Gasteiger partial charge in [-0.3, -0.25) is 0 Å². The number of nitrogens with zero attached hydrogens (tertiary/aromatic N) is 1. The van der Waals surface area contributed by atoms with E-state index in [1.54, 1.807) is 6.07 Å². The number of amides is 2. The van der Waals surface area contributed by atoms with E-state index in [9.17, 15) is 14.3 Å². The van der Waals surface area contributed by atoms with E-state index in [1.807, 2.05) is 6.07 Å². The molecule has 3 N–H and O–H groups in total. The first-order chi connectivity index (χ1) is 11.0. The van der Waals surface area contributed by atoms with Gasteiger partial charge in [0.15, 0.2) is 0 Å². The van der Waals surface area contributed by atoms with Crippen LogP contribution in [0.3, 0.4) is 0 Å². The van der Waals surface area contributed by atoms with Gasteiger partial charge in [0.25, 0.3) is 0 Å². The second-order valence-corrected chi connectivity index (χ2v) is 5.09. The third-order valence-corrected chi connectivity index (χ3v) is 3.38. The predicted molar refractivity (Wildman–Crippen MR) is 84.5 cm³/mol. The molecule has 2 rings (SSSR count). The van der Waals surface area contributed by atoms with Crippen molar-refractivity contribution in [2.45, 2.75) is 6.10 Å². The van der Waals surface area contributed by atoms with Crippen molar-refractivity contribution < 1.29 is 14.3 Å². The van der Waals surface area contributed by atoms with E-state index in [-0.39, 0.29) is 17.1 Å². The van der Waals surface area contributed by atoms with Crippen molar-refractivity contribution >= 4 is 23.3 Å². The molecule has 0 spiro atoms. The highest BCUT2D eigenvalue weighted by molar-refractivity contribution is 6.32. The summed E-state index contributed by atoms with van der Waals surface area (Å²) in [4.78, 5) is 11.8. The number of rotatable bonds is 4. The van der Waals surface area contributed by atoms with Gasteiger partial charge in [0.1, 0.15) is 11.9 Å². The summed E-state index contributed by atoms with van der Waals surface area (Å²) in [5.41, 5.74) is 0.800. The van der Waals surface area contributed by atoms with Gasteiger partial charge in [0.2, 0.25) is 0 Å². The normalized spacial score (nSPS) is 11.4. The molecule has 0 saturated heterocycles. The van der Waals surface area contributed by atoms with E-state index in [0.29, 0.717) is 11.3 Å². The van der Waals surface area contributed by atoms with E-state index in [4.69, 9.17) is 16.9 Å². The van der Waals surface area contributed by atoms with E-state index >= 15 is 0 Å². The van der Waals surface area contributed by atoms with Crippen molar-refractivity contribution in [1.29, 1.82) is 5.26 Å². The van der Waals surface area contributed by atoms with E-state index in [0.717, 1.165) is 0 Å². The Hall–Kier alpha value is -2.62. The lowest BCUT2D eigenvalue weighted by molar-refractivity contribution is 0.170. The zero-order valence-corrected chi connectivity index (χ0v) is 12.6. The first-order valence-corrected chi connectivity index (χ1v) is 7.06. The van der Waals surface area contributed by atoms with Crippen molar-refractivity contribution in [1.82, 2.24) is 5.32 Å². The number of halogens is 2. The number of anilines is 1. The first kappa shape index (κ1) is 16.7. The quantitative estimate of drug-likeness (QED) is 0.803. The van der Waals surface area contributed by atoms with Gasteiger partial charge in [-0.1, -0.05) is 29.8 Å². The van der Waals surface area contributed by atoms with Crippen LogP contribution in [0.2, 0.25) is 5.02 Å². The number of hydrogen-bond acceptors (Lipinski definition) is 3. The second kappa shape index (κ2) is 7.58. The number of nitriles is 1. The van der Waals surface area contributed by atoms with Gasteiger partial charge in [-0.2, -0.15) is 5.26 Å². The van der Waals surface area contributed by atoms with Crippen LogP contribution in [-0.2, 0) is 0 Å². The summed E-state index contributed by atoms with van der Waals surface area (Å²) < 4.78 is 13.5. The fourth-order valence-electron chi connectivity index (χ4n) is 1.90. The first-order valence-electron chi connectivity index (χ1n) is 6.68. The van der Waals surface area contributed by atoms with Crippen LogP contribution in [0, 0.1) is 17.1 Å². The van der Waals surface area contributed by atoms with Gasteiger partial charge in [-0.15, -0.1) is 0 Å². The number of urea groups is 1. The van der Waals surface area contributed by atoms with E-state index < -0.39 is 18.0 Å². The SMILES string of the molecule is N#Cc1ccc(NC(=O)NCC(O)c2ccccc2F)cc1Cl. The van der Waals surface area contributed by atoms with E-state index in [1.165, 1.54) is 36.4 Å². The third-order valence-electron chi connectivity index (χ3n) is 3.07. The Labute approximate surface area is 137 Å². The molecule has 2 amide bonds. The fraction of sp³-hybridized carbons (Fsp3) is 0.125. The molecule has 0 bridgehead atoms. The summed E-state index contributed by atoms with van der Waals surface area (Å²) in [7, 11) is 0. The van der Waals surface area contributed by atoms with Crippen molar-refractivity contribution in [3.63, 3.8) is 0 Å². The Morgan fingerprint density at radius 2 is 2.09 bits per heavy atom. The van der Waals surface area contributed by atoms with Crippen LogP contribution < -0.4 is 10.6 Å². The number of nitrogens with one attached hydrogen (secondary N) is 2. The highest BCUT2D eigenvalue weighted by atomic mass is 35.5. The Bertz CT molecular complexity index is 761. The molecule has 0 aliphatic rings. The molecule has 0 fully saturated rings. The summed E-state index contributed by atoms with van der Waals surface area (Å²) in [6, 6.07) is 11.6. The van der Waals surface area contributed by atoms with Gasteiger partial charge in [0.05, 0.1) is 16.7 Å². The molecular formula is C16H13ClFN3O2. The third kappa shape index (κ3) is 4.42. The molecule has 0 heterocycles. The molecule has 1 atom stereocenters. The molecule has 0 saturated carbocycles. The van der Waals surface area contributed by atoms with Crippen LogP contribution in [0.25, 0.3) is 0 Å². The smallest absolute Gasteiger partial charge is 0.319 e. The van der Waals surface area contributed by atoms with Crippen LogP contribution in [0.1, 0.15) is 17.2 Å². The molecule has 0 radical (unpaired) electrons. The molecule has 23 heavy (non-hydrogen) atoms. The maximum absolute atomic E-state index is 13.5. The fourth-order valence-corrected chi connectivity index (χ4v) is 2.13. The monoisotopic (exact) mass is 333 g/mol. The van der Waals surface area contributed by atoms with Crippen LogP contribution in [0.5, 0.6) is 0 Å². The number of carbonyl (C=O) groups excluding carboxylic acids is 1. The molecule has 0 aliphatic carbocycles. The number of benzene rings is 2. The summed E-state index contributed by atoms with van der Waals surface area (Å²) >= 11 is 5.86. The summed E-state index contributed by atoms with van der Waals surface area (Å²) in [6.07, 6.45) is -1.16. The molecule has 2 aromatic carbocycles. The Morgan fingerprint density at radius 3 is 2.74 bits per heavy atom. The van der Waals surface area contributed by atoms with Gasteiger partial charge >= 0.3 is 6.03 Å². The van der Waals surface area contributed by atoms with Crippen LogP contribution in [0.4, 0.5) is 14.9 Å². The molecule has 0 aliphatic heterocycles. The van der Waals surface area contributed by atoms with Crippen LogP contribution in [-0.4, -0.2) is 17.7 Å². The number of aliphatic hydroxyl groups excluding tert-OH is 1. The Balaban J connectivity index is 1.92. The molecule has 2 aromatic rings. The molecule has 7 heteroatoms. The second-order valence-electron chi connectivity index (χ2n) is 4.68. The molecule has 118 valence electrons. The van der Waals surface area contributed by atoms with Crippen molar-refractivity contribution in [3.8, 4) is 6.07 Å². The predicted octanol–water partition coefficient (Wildman–Crippen LogP) is 3.21. The summed E-state index contributed by atoms with van der Waals surface area (Å²) in [5, 5.41) is 23.8. The maximum Gasteiger partial charge on any atom is 0.319 e. The number of hydrogen-bond donors (Lipinski definition) is 3. The number of carbonyl (C=O) groups is 1. The zero-order valence-electron chi connectivity index (χ0n) is 11.9. The van der Waals surface area contributed by atoms with Crippen molar-refractivity contribution in [2.24, 2.45) is 0 Å². The van der Waals surface area contributed by atoms with Crippen LogP contribution >= 0.6 is 11.6 Å². The van der Waals surface area contributed by atoms with Gasteiger partial charge in [-0.25, -0.2) is 9.18 Å². The minimum Gasteiger partial charge on any atom is -0.386 e. The van der Waals surface area contributed by atoms with Gasteiger partial charge < -0.3 is 15.7 Å². The summed E-state index contributed by atoms with van der Waals surface area (Å²) in [6.45, 7) is -0.156. The lowest BCUT2D eigenvalue weighted by Gasteiger charge is -2.13. The lowest BCUT2D eigenvalue weighted by atomic mass is 10.1. The highest BCUT2D eigenvalue weighted by Crippen LogP contribution is 2.20. The van der Waals surface area contributed by atoms with Crippen LogP contribution in [0.15, 0.2) is 42.5 Å². The largest absolute Gasteiger partial charge is 0.386 e. The maximum atomic E-state index is 13.5. The van der Waals surface area contributed by atoms with Crippen molar-refractivity contribution in [3.05, 3.63) is 64.4 Å². The lowest BCUT2D eigenvalue weighted by Crippen LogP contribution is -2.32. The zero-order chi connectivity index (χ0) is 16.8. The summed E-state index contributed by atoms with van der Waals surface area (Å²) in [5.74, 6) is -0.541. The Kier molecular flexibility index (Phi) is 5.52. The van der Waals surface area contributed by atoms with Crippen molar-refractivity contribution in [2.75, 3.05) is 11.9 Å². The minimum absolute atomic E-state index is 0.106. The Morgan fingerprint density at radius 1 is 1.35 bits per heavy atom. The minimum atomic E-state index is -1.16. The van der Waals surface area contributed by atoms with Gasteiger partial charge in [-0.05, 0) is 24.3 Å². The molecule has 5 nitrogen and oxygen atoms in total. The van der Waals surface area contributed by atoms with Gasteiger partial charge in [0, 0.05) is 17.8 Å². The molecule has 0 aromatic heterocycles. The molecular weight excluding hydrogens is 321 g/mol. The van der Waals surface area contributed by atoms with E-state index in [2.05, 4.69) is 10.6 Å². The topological polar surface area (TPSA) is 85.2 Å². The highest BCUT2D eigenvalue weighted by Gasteiger charge is 2.13. The standard InChI is InChI=1S/C16H13ClFN3O2/c17-13-7-11(6-5-10(13)8-19)21-16(23)20-9-15(22)12-3-1-2-4-14(12)18/h1-7,15,22H,9H2,(H2,20,21,23). The average Bonchev–Trinajstić information content (AvgIpc) is 2.53. The molecule has 1 unspecified atom stereocenters.